The van der Waals surface area contributed by atoms with Gasteiger partial charge in [-0.3, -0.25) is 19.9 Å². The average molecular weight is 324 g/mol. The molecule has 4 rings (SSSR count). The highest BCUT2D eigenvalue weighted by Crippen LogP contribution is 2.39. The molecule has 4 aromatic rings. The van der Waals surface area contributed by atoms with Crippen LogP contribution in [0.5, 0.6) is 0 Å². The molecule has 0 aliphatic rings. The number of pyridine rings is 4. The fourth-order valence-corrected chi connectivity index (χ4v) is 3.00. The molecule has 0 N–H and O–H groups in total. The summed E-state index contributed by atoms with van der Waals surface area (Å²) in [6.07, 6.45) is 11.0. The van der Waals surface area contributed by atoms with Crippen LogP contribution in [0.15, 0.2) is 79.6 Å². The average Bonchev–Trinajstić information content (AvgIpc) is 2.70. The van der Waals surface area contributed by atoms with Crippen molar-refractivity contribution in [3.05, 3.63) is 85.3 Å². The van der Waals surface area contributed by atoms with E-state index in [-0.39, 0.29) is 0 Å². The van der Waals surface area contributed by atoms with E-state index in [2.05, 4.69) is 26.0 Å². The second-order valence-corrected chi connectivity index (χ2v) is 5.70. The Balaban J connectivity index is 2.08. The fourth-order valence-electron chi connectivity index (χ4n) is 3.00. The second kappa shape index (κ2) is 6.61. The van der Waals surface area contributed by atoms with Crippen LogP contribution in [0, 0.1) is 6.92 Å². The molecule has 0 spiro atoms. The van der Waals surface area contributed by atoms with E-state index in [9.17, 15) is 0 Å². The van der Waals surface area contributed by atoms with Crippen molar-refractivity contribution >= 4 is 0 Å². The molecule has 0 fully saturated rings. The van der Waals surface area contributed by atoms with E-state index >= 15 is 0 Å². The van der Waals surface area contributed by atoms with E-state index in [4.69, 9.17) is 0 Å². The van der Waals surface area contributed by atoms with Gasteiger partial charge in [0.25, 0.3) is 0 Å². The van der Waals surface area contributed by atoms with E-state index in [0.717, 1.165) is 39.2 Å². The summed E-state index contributed by atoms with van der Waals surface area (Å²) in [5.74, 6) is 0. The molecule has 4 heterocycles. The lowest BCUT2D eigenvalue weighted by Crippen LogP contribution is -1.97. The molecule has 4 heteroatoms. The number of aryl methyl sites for hydroxylation is 1. The highest BCUT2D eigenvalue weighted by molar-refractivity contribution is 5.93. The normalized spacial score (nSPS) is 10.6. The van der Waals surface area contributed by atoms with Crippen LogP contribution in [-0.4, -0.2) is 19.9 Å². The van der Waals surface area contributed by atoms with Crippen LogP contribution in [0.3, 0.4) is 0 Å². The van der Waals surface area contributed by atoms with E-state index in [1.807, 2.05) is 55.7 Å². The third kappa shape index (κ3) is 2.90. The maximum Gasteiger partial charge on any atom is 0.0723 e. The maximum atomic E-state index is 4.64. The van der Waals surface area contributed by atoms with E-state index in [1.165, 1.54) is 0 Å². The first-order valence-corrected chi connectivity index (χ1v) is 8.06. The summed E-state index contributed by atoms with van der Waals surface area (Å²) < 4.78 is 0. The lowest BCUT2D eigenvalue weighted by atomic mass is 9.90. The largest absolute Gasteiger partial charge is 0.265 e. The Morgan fingerprint density at radius 2 is 1.52 bits per heavy atom. The van der Waals surface area contributed by atoms with Crippen LogP contribution in [0.4, 0.5) is 0 Å². The highest BCUT2D eigenvalue weighted by atomic mass is 14.7. The zero-order chi connectivity index (χ0) is 17.1. The predicted octanol–water partition coefficient (Wildman–Crippen LogP) is 4.58. The molecule has 0 atom stereocenters. The number of hydrogen-bond acceptors (Lipinski definition) is 4. The molecule has 120 valence electrons. The van der Waals surface area contributed by atoms with Gasteiger partial charge < -0.3 is 0 Å². The highest BCUT2D eigenvalue weighted by Gasteiger charge is 2.18. The van der Waals surface area contributed by atoms with Crippen LogP contribution in [-0.2, 0) is 0 Å². The summed E-state index contributed by atoms with van der Waals surface area (Å²) in [6.45, 7) is 2.03. The minimum absolute atomic E-state index is 0.893. The third-order valence-corrected chi connectivity index (χ3v) is 4.13. The van der Waals surface area contributed by atoms with Crippen LogP contribution in [0.1, 0.15) is 5.69 Å². The molecule has 4 nitrogen and oxygen atoms in total. The molecule has 0 radical (unpaired) electrons. The second-order valence-electron chi connectivity index (χ2n) is 5.70. The van der Waals surface area contributed by atoms with Gasteiger partial charge in [0, 0.05) is 65.1 Å². The van der Waals surface area contributed by atoms with Crippen molar-refractivity contribution in [1.82, 2.24) is 19.9 Å². The van der Waals surface area contributed by atoms with Gasteiger partial charge in [0.05, 0.1) is 5.69 Å². The van der Waals surface area contributed by atoms with Crippen LogP contribution in [0.25, 0.3) is 33.5 Å². The Morgan fingerprint density at radius 1 is 0.640 bits per heavy atom. The molecular weight excluding hydrogens is 308 g/mol. The zero-order valence-corrected chi connectivity index (χ0v) is 13.8. The molecule has 0 aliphatic carbocycles. The topological polar surface area (TPSA) is 51.6 Å². The SMILES string of the molecule is Cc1ncc(-c2ccccn2)c(-c2cccnc2)c1-c1ccncc1. The van der Waals surface area contributed by atoms with E-state index < -0.39 is 0 Å². The lowest BCUT2D eigenvalue weighted by molar-refractivity contribution is 1.19. The minimum Gasteiger partial charge on any atom is -0.265 e. The van der Waals surface area contributed by atoms with Gasteiger partial charge in [0.2, 0.25) is 0 Å². The fraction of sp³-hybridized carbons (Fsp3) is 0.0476. The first kappa shape index (κ1) is 15.1. The van der Waals surface area contributed by atoms with Gasteiger partial charge in [0.15, 0.2) is 0 Å². The summed E-state index contributed by atoms with van der Waals surface area (Å²) in [5.41, 5.74) is 7.14. The zero-order valence-electron chi connectivity index (χ0n) is 13.8. The maximum absolute atomic E-state index is 4.64. The third-order valence-electron chi connectivity index (χ3n) is 4.13. The number of hydrogen-bond donors (Lipinski definition) is 0. The van der Waals surface area contributed by atoms with Gasteiger partial charge in [-0.15, -0.1) is 0 Å². The molecule has 0 unspecified atom stereocenters. The van der Waals surface area contributed by atoms with Crippen LogP contribution >= 0.6 is 0 Å². The number of rotatable bonds is 3. The Kier molecular flexibility index (Phi) is 4.01. The van der Waals surface area contributed by atoms with Crippen molar-refractivity contribution in [2.24, 2.45) is 0 Å². The molecule has 0 saturated carbocycles. The van der Waals surface area contributed by atoms with Gasteiger partial charge >= 0.3 is 0 Å². The quantitative estimate of drug-likeness (QED) is 0.553. The Hall–Kier alpha value is -3.40. The summed E-state index contributed by atoms with van der Waals surface area (Å²) in [4.78, 5) is 17.6. The Bertz CT molecular complexity index is 984. The smallest absolute Gasteiger partial charge is 0.0723 e. The van der Waals surface area contributed by atoms with Crippen molar-refractivity contribution in [3.8, 4) is 33.5 Å². The minimum atomic E-state index is 0.893. The monoisotopic (exact) mass is 324 g/mol. The molecule has 0 bridgehead atoms. The van der Waals surface area contributed by atoms with Crippen molar-refractivity contribution in [2.75, 3.05) is 0 Å². The van der Waals surface area contributed by atoms with Crippen molar-refractivity contribution in [1.29, 1.82) is 0 Å². The van der Waals surface area contributed by atoms with Crippen LogP contribution in [0.2, 0.25) is 0 Å². The molecule has 0 amide bonds. The summed E-state index contributed by atoms with van der Waals surface area (Å²) >= 11 is 0. The standard InChI is InChI=1S/C21H16N4/c1-15-20(16-7-11-22-12-8-16)21(17-5-4-9-23-13-17)18(14-25-15)19-6-2-3-10-24-19/h2-14H,1H3. The molecule has 0 aromatic carbocycles. The summed E-state index contributed by atoms with van der Waals surface area (Å²) in [7, 11) is 0. The van der Waals surface area contributed by atoms with Gasteiger partial charge in [-0.05, 0) is 42.8 Å². The molecule has 4 aromatic heterocycles. The van der Waals surface area contributed by atoms with E-state index in [1.54, 1.807) is 24.8 Å². The molecular formula is C21H16N4. The summed E-state index contributed by atoms with van der Waals surface area (Å²) in [5, 5.41) is 0. The first-order chi connectivity index (χ1) is 12.3. The van der Waals surface area contributed by atoms with Crippen LogP contribution < -0.4 is 0 Å². The Morgan fingerprint density at radius 3 is 2.24 bits per heavy atom. The first-order valence-electron chi connectivity index (χ1n) is 8.06. The van der Waals surface area contributed by atoms with E-state index in [0.29, 0.717) is 0 Å². The molecule has 25 heavy (non-hydrogen) atoms. The predicted molar refractivity (Wildman–Crippen MR) is 98.7 cm³/mol. The van der Waals surface area contributed by atoms with Crippen molar-refractivity contribution in [2.45, 2.75) is 6.92 Å². The van der Waals surface area contributed by atoms with Gasteiger partial charge in [-0.25, -0.2) is 0 Å². The number of nitrogens with zero attached hydrogens (tertiary/aromatic N) is 4. The van der Waals surface area contributed by atoms with Gasteiger partial charge in [0.1, 0.15) is 0 Å². The van der Waals surface area contributed by atoms with Gasteiger partial charge in [-0.1, -0.05) is 12.1 Å². The Labute approximate surface area is 146 Å². The van der Waals surface area contributed by atoms with Crippen molar-refractivity contribution in [3.63, 3.8) is 0 Å². The lowest BCUT2D eigenvalue weighted by Gasteiger charge is -2.17. The number of aromatic nitrogens is 4. The molecule has 0 aliphatic heterocycles. The summed E-state index contributed by atoms with van der Waals surface area (Å²) in [6, 6.07) is 13.9. The molecule has 0 saturated heterocycles. The van der Waals surface area contributed by atoms with Crippen molar-refractivity contribution < 1.29 is 0 Å². The van der Waals surface area contributed by atoms with Gasteiger partial charge in [-0.2, -0.15) is 0 Å².